The lowest BCUT2D eigenvalue weighted by Gasteiger charge is -2.08. The average molecular weight is 436 g/mol. The van der Waals surface area contributed by atoms with Gasteiger partial charge in [0, 0.05) is 20.4 Å². The van der Waals surface area contributed by atoms with Crippen molar-refractivity contribution in [1.82, 2.24) is 5.32 Å². The Balaban J connectivity index is 2.11. The summed E-state index contributed by atoms with van der Waals surface area (Å²) >= 11 is 3.57. The van der Waals surface area contributed by atoms with Gasteiger partial charge in [-0.1, -0.05) is 19.1 Å². The fourth-order valence-corrected chi connectivity index (χ4v) is 4.76. The number of nitrogens with one attached hydrogen (secondary N) is 2. The second kappa shape index (κ2) is 7.57. The maximum atomic E-state index is 12.4. The summed E-state index contributed by atoms with van der Waals surface area (Å²) in [5, 5.41) is 4.95. The predicted molar refractivity (Wildman–Crippen MR) is 96.3 cm³/mol. The van der Waals surface area contributed by atoms with Crippen molar-refractivity contribution in [2.75, 3.05) is 11.3 Å². The molecule has 2 N–H and O–H groups in total. The molecule has 0 saturated carbocycles. The largest absolute Gasteiger partial charge is 0.312 e. The number of para-hydroxylation sites is 1. The number of sulfonamides is 1. The van der Waals surface area contributed by atoms with E-state index < -0.39 is 10.0 Å². The lowest BCUT2D eigenvalue weighted by atomic mass is 10.3. The van der Waals surface area contributed by atoms with Crippen molar-refractivity contribution in [3.63, 3.8) is 0 Å². The third kappa shape index (κ3) is 4.67. The number of hydrogen-bond acceptors (Lipinski definition) is 4. The molecule has 0 amide bonds. The van der Waals surface area contributed by atoms with Crippen molar-refractivity contribution in [1.29, 1.82) is 0 Å². The first-order chi connectivity index (χ1) is 10.0. The van der Waals surface area contributed by atoms with E-state index in [0.29, 0.717) is 17.1 Å². The lowest BCUT2D eigenvalue weighted by molar-refractivity contribution is 0.601. The van der Waals surface area contributed by atoms with Crippen LogP contribution >= 0.6 is 33.9 Å². The number of anilines is 1. The number of rotatable bonds is 7. The van der Waals surface area contributed by atoms with Crippen molar-refractivity contribution in [3.8, 4) is 0 Å². The Kier molecular flexibility index (Phi) is 6.03. The summed E-state index contributed by atoms with van der Waals surface area (Å²) in [5.74, 6) is 0. The van der Waals surface area contributed by atoms with E-state index in [9.17, 15) is 8.42 Å². The van der Waals surface area contributed by atoms with Crippen LogP contribution in [0.15, 0.2) is 40.6 Å². The zero-order valence-electron chi connectivity index (χ0n) is 11.6. The van der Waals surface area contributed by atoms with Gasteiger partial charge in [0.05, 0.1) is 10.6 Å². The van der Waals surface area contributed by atoms with Crippen molar-refractivity contribution in [2.24, 2.45) is 0 Å². The van der Waals surface area contributed by atoms with Crippen molar-refractivity contribution in [3.05, 3.63) is 44.2 Å². The molecule has 0 aliphatic carbocycles. The summed E-state index contributed by atoms with van der Waals surface area (Å²) in [4.78, 5) is 1.34. The van der Waals surface area contributed by atoms with Gasteiger partial charge in [0.25, 0.3) is 10.0 Å². The maximum Gasteiger partial charge on any atom is 0.262 e. The van der Waals surface area contributed by atoms with Gasteiger partial charge in [-0.15, -0.1) is 11.3 Å². The first kappa shape index (κ1) is 16.7. The molecule has 0 atom stereocenters. The highest BCUT2D eigenvalue weighted by Gasteiger charge is 2.17. The lowest BCUT2D eigenvalue weighted by Crippen LogP contribution is -2.14. The molecule has 7 heteroatoms. The molecule has 0 spiro atoms. The minimum absolute atomic E-state index is 0.320. The molecule has 0 radical (unpaired) electrons. The summed E-state index contributed by atoms with van der Waals surface area (Å²) in [6, 6.07) is 9.04. The van der Waals surface area contributed by atoms with Gasteiger partial charge in [0.1, 0.15) is 0 Å². The summed E-state index contributed by atoms with van der Waals surface area (Å²) < 4.78 is 28.2. The van der Waals surface area contributed by atoms with Gasteiger partial charge in [0.15, 0.2) is 0 Å². The number of thiophene rings is 1. The van der Waals surface area contributed by atoms with E-state index in [2.05, 4.69) is 39.6 Å². The molecule has 2 rings (SSSR count). The summed E-state index contributed by atoms with van der Waals surface area (Å²) in [6.45, 7) is 3.74. The fourth-order valence-electron chi connectivity index (χ4n) is 1.73. The van der Waals surface area contributed by atoms with E-state index in [1.54, 1.807) is 17.5 Å². The quantitative estimate of drug-likeness (QED) is 0.515. The molecule has 0 fully saturated rings. The Bertz CT molecular complexity index is 699. The topological polar surface area (TPSA) is 58.2 Å². The third-order valence-corrected chi connectivity index (χ3v) is 6.16. The van der Waals surface area contributed by atoms with E-state index >= 15 is 0 Å². The number of benzene rings is 1. The number of hydrogen-bond donors (Lipinski definition) is 2. The minimum atomic E-state index is -3.52. The van der Waals surface area contributed by atoms with Crippen LogP contribution in [0.2, 0.25) is 0 Å². The predicted octanol–water partition coefficient (Wildman–Crippen LogP) is 3.65. The van der Waals surface area contributed by atoms with E-state index in [-0.39, 0.29) is 0 Å². The molecular weight excluding hydrogens is 419 g/mol. The second-order valence-electron chi connectivity index (χ2n) is 4.51. The first-order valence-corrected chi connectivity index (χ1v) is 10.0. The third-order valence-electron chi connectivity index (χ3n) is 2.78. The van der Waals surface area contributed by atoms with Gasteiger partial charge in [-0.25, -0.2) is 8.42 Å². The van der Waals surface area contributed by atoms with Crippen LogP contribution in [-0.4, -0.2) is 15.0 Å². The molecule has 0 bridgehead atoms. The molecule has 2 aromatic rings. The number of halogens is 1. The van der Waals surface area contributed by atoms with E-state index in [4.69, 9.17) is 0 Å². The fraction of sp³-hybridized carbons (Fsp3) is 0.286. The van der Waals surface area contributed by atoms with Gasteiger partial charge in [-0.2, -0.15) is 0 Å². The van der Waals surface area contributed by atoms with Crippen molar-refractivity contribution >= 4 is 49.6 Å². The zero-order valence-corrected chi connectivity index (χ0v) is 15.4. The van der Waals surface area contributed by atoms with Crippen LogP contribution in [0.1, 0.15) is 18.2 Å². The molecule has 21 heavy (non-hydrogen) atoms. The molecule has 0 aliphatic rings. The Morgan fingerprint density at radius 3 is 2.76 bits per heavy atom. The molecular formula is C14H17IN2O2S2. The summed E-state index contributed by atoms with van der Waals surface area (Å²) in [6.07, 6.45) is 1.06. The molecule has 1 aromatic carbocycles. The standard InChI is InChI=1S/C14H17IN2O2S2/c1-2-7-16-9-11-8-12(10-20-11)21(18,19)17-14-6-4-3-5-13(14)15/h3-6,8,10,16-17H,2,7,9H2,1H3. The van der Waals surface area contributed by atoms with E-state index in [1.165, 1.54) is 11.3 Å². The van der Waals surface area contributed by atoms with Crippen LogP contribution in [-0.2, 0) is 16.6 Å². The van der Waals surface area contributed by atoms with Crippen LogP contribution in [0.25, 0.3) is 0 Å². The smallest absolute Gasteiger partial charge is 0.262 e. The van der Waals surface area contributed by atoms with Gasteiger partial charge < -0.3 is 5.32 Å². The summed E-state index contributed by atoms with van der Waals surface area (Å²) in [5.41, 5.74) is 0.606. The Morgan fingerprint density at radius 1 is 1.29 bits per heavy atom. The highest BCUT2D eigenvalue weighted by Crippen LogP contribution is 2.24. The normalized spacial score (nSPS) is 11.5. The molecule has 4 nitrogen and oxygen atoms in total. The van der Waals surface area contributed by atoms with Crippen LogP contribution in [0.5, 0.6) is 0 Å². The van der Waals surface area contributed by atoms with Crippen LogP contribution in [0, 0.1) is 3.57 Å². The van der Waals surface area contributed by atoms with E-state index in [0.717, 1.165) is 21.4 Å². The Hall–Kier alpha value is -0.640. The van der Waals surface area contributed by atoms with Crippen LogP contribution in [0.4, 0.5) is 5.69 Å². The van der Waals surface area contributed by atoms with Gasteiger partial charge in [0.2, 0.25) is 0 Å². The highest BCUT2D eigenvalue weighted by atomic mass is 127. The average Bonchev–Trinajstić information content (AvgIpc) is 2.91. The monoisotopic (exact) mass is 436 g/mol. The molecule has 1 aromatic heterocycles. The molecule has 1 heterocycles. The maximum absolute atomic E-state index is 12.4. The second-order valence-corrected chi connectivity index (χ2v) is 8.35. The first-order valence-electron chi connectivity index (χ1n) is 6.58. The molecule has 0 unspecified atom stereocenters. The van der Waals surface area contributed by atoms with Gasteiger partial charge in [-0.3, -0.25) is 4.72 Å². The van der Waals surface area contributed by atoms with Gasteiger partial charge in [-0.05, 0) is 53.8 Å². The molecule has 0 aliphatic heterocycles. The van der Waals surface area contributed by atoms with Crippen LogP contribution in [0.3, 0.4) is 0 Å². The van der Waals surface area contributed by atoms with Crippen molar-refractivity contribution in [2.45, 2.75) is 24.8 Å². The Labute approximate surface area is 143 Å². The highest BCUT2D eigenvalue weighted by molar-refractivity contribution is 14.1. The van der Waals surface area contributed by atoms with Gasteiger partial charge >= 0.3 is 0 Å². The minimum Gasteiger partial charge on any atom is -0.312 e. The van der Waals surface area contributed by atoms with Crippen LogP contribution < -0.4 is 10.0 Å². The summed E-state index contributed by atoms with van der Waals surface area (Å²) in [7, 11) is -3.52. The van der Waals surface area contributed by atoms with E-state index in [1.807, 2.05) is 18.2 Å². The zero-order chi connectivity index (χ0) is 15.3. The SMILES string of the molecule is CCCNCc1cc(S(=O)(=O)Nc2ccccc2I)cs1. The Morgan fingerprint density at radius 2 is 2.05 bits per heavy atom. The van der Waals surface area contributed by atoms with Crippen molar-refractivity contribution < 1.29 is 8.42 Å². The molecule has 114 valence electrons. The molecule has 0 saturated heterocycles.